The molecule has 1 N–H and O–H groups in total. The summed E-state index contributed by atoms with van der Waals surface area (Å²) in [6.07, 6.45) is 2.03. The van der Waals surface area contributed by atoms with Crippen molar-refractivity contribution in [3.63, 3.8) is 0 Å². The Kier molecular flexibility index (Phi) is 4.04. The van der Waals surface area contributed by atoms with Gasteiger partial charge in [-0.15, -0.1) is 0 Å². The van der Waals surface area contributed by atoms with Crippen molar-refractivity contribution in [1.29, 1.82) is 0 Å². The minimum Gasteiger partial charge on any atom is -0.461 e. The summed E-state index contributed by atoms with van der Waals surface area (Å²) in [6, 6.07) is 3.99. The van der Waals surface area contributed by atoms with Crippen molar-refractivity contribution in [3.05, 3.63) is 35.3 Å². The number of thiazole rings is 1. The highest BCUT2D eigenvalue weighted by Gasteiger charge is 2.24. The summed E-state index contributed by atoms with van der Waals surface area (Å²) in [7, 11) is 1.78. The average molecular weight is 330 g/mol. The number of rotatable bonds is 4. The lowest BCUT2D eigenvalue weighted by Crippen LogP contribution is -2.07. The van der Waals surface area contributed by atoms with Crippen LogP contribution in [0.15, 0.2) is 18.3 Å². The van der Waals surface area contributed by atoms with Crippen LogP contribution in [0.2, 0.25) is 0 Å². The SMILES string of the molecule is CCOC(=O)c1nc(NC)sc1-c1nc2ccc(C)cn2c1C. The van der Waals surface area contributed by atoms with E-state index in [9.17, 15) is 4.79 Å². The number of pyridine rings is 1. The summed E-state index contributed by atoms with van der Waals surface area (Å²) in [5.41, 5.74) is 4.04. The number of aryl methyl sites for hydroxylation is 2. The summed E-state index contributed by atoms with van der Waals surface area (Å²) in [5, 5.41) is 3.64. The molecule has 6 nitrogen and oxygen atoms in total. The topological polar surface area (TPSA) is 68.5 Å². The van der Waals surface area contributed by atoms with Crippen molar-refractivity contribution in [2.24, 2.45) is 0 Å². The van der Waals surface area contributed by atoms with Crippen LogP contribution in [0.5, 0.6) is 0 Å². The van der Waals surface area contributed by atoms with Crippen LogP contribution >= 0.6 is 11.3 Å². The number of aromatic nitrogens is 3. The fourth-order valence-electron chi connectivity index (χ4n) is 2.41. The van der Waals surface area contributed by atoms with E-state index in [1.165, 1.54) is 11.3 Å². The van der Waals surface area contributed by atoms with Gasteiger partial charge in [0.05, 0.1) is 11.5 Å². The molecule has 0 spiro atoms. The molecule has 3 rings (SSSR count). The zero-order chi connectivity index (χ0) is 16.6. The van der Waals surface area contributed by atoms with Crippen LogP contribution in [0.25, 0.3) is 16.2 Å². The van der Waals surface area contributed by atoms with Crippen molar-refractivity contribution >= 4 is 28.1 Å². The zero-order valence-electron chi connectivity index (χ0n) is 13.5. The molecule has 0 unspecified atom stereocenters. The molecule has 0 aromatic carbocycles. The molecule has 0 aliphatic rings. The monoisotopic (exact) mass is 330 g/mol. The molecule has 120 valence electrons. The summed E-state index contributed by atoms with van der Waals surface area (Å²) < 4.78 is 7.15. The van der Waals surface area contributed by atoms with Gasteiger partial charge in [0.2, 0.25) is 0 Å². The third kappa shape index (κ3) is 2.68. The van der Waals surface area contributed by atoms with E-state index in [1.807, 2.05) is 36.6 Å². The Bertz CT molecular complexity index is 882. The van der Waals surface area contributed by atoms with Crippen molar-refractivity contribution in [1.82, 2.24) is 14.4 Å². The predicted molar refractivity (Wildman–Crippen MR) is 91.3 cm³/mol. The van der Waals surface area contributed by atoms with E-state index in [2.05, 4.69) is 15.3 Å². The molecular weight excluding hydrogens is 312 g/mol. The largest absolute Gasteiger partial charge is 0.461 e. The molecule has 0 aliphatic carbocycles. The first-order chi connectivity index (χ1) is 11.0. The smallest absolute Gasteiger partial charge is 0.358 e. The van der Waals surface area contributed by atoms with Crippen LogP contribution in [0, 0.1) is 13.8 Å². The molecule has 0 atom stereocenters. The van der Waals surface area contributed by atoms with Gasteiger partial charge in [-0.3, -0.25) is 0 Å². The summed E-state index contributed by atoms with van der Waals surface area (Å²) in [4.78, 5) is 21.9. The molecule has 7 heteroatoms. The third-order valence-electron chi connectivity index (χ3n) is 3.53. The van der Waals surface area contributed by atoms with E-state index in [-0.39, 0.29) is 0 Å². The van der Waals surface area contributed by atoms with Gasteiger partial charge in [-0.25, -0.2) is 14.8 Å². The van der Waals surface area contributed by atoms with Gasteiger partial charge in [0.1, 0.15) is 11.3 Å². The van der Waals surface area contributed by atoms with Crippen LogP contribution < -0.4 is 5.32 Å². The first kappa shape index (κ1) is 15.5. The van der Waals surface area contributed by atoms with E-state index in [0.29, 0.717) is 17.4 Å². The quantitative estimate of drug-likeness (QED) is 0.743. The Morgan fingerprint density at radius 3 is 2.83 bits per heavy atom. The molecule has 3 heterocycles. The molecule has 0 fully saturated rings. The maximum absolute atomic E-state index is 12.2. The Morgan fingerprint density at radius 2 is 2.13 bits per heavy atom. The summed E-state index contributed by atoms with van der Waals surface area (Å²) in [6.45, 7) is 6.12. The molecule has 0 amide bonds. The van der Waals surface area contributed by atoms with E-state index in [4.69, 9.17) is 4.74 Å². The van der Waals surface area contributed by atoms with Gasteiger partial charge in [-0.2, -0.15) is 0 Å². The van der Waals surface area contributed by atoms with Crippen molar-refractivity contribution in [2.45, 2.75) is 20.8 Å². The minimum atomic E-state index is -0.423. The number of nitrogens with zero attached hydrogens (tertiary/aromatic N) is 3. The number of hydrogen-bond donors (Lipinski definition) is 1. The Balaban J connectivity index is 2.20. The number of anilines is 1. The molecular formula is C16H18N4O2S. The van der Waals surface area contributed by atoms with Crippen molar-refractivity contribution < 1.29 is 9.53 Å². The van der Waals surface area contributed by atoms with Gasteiger partial charge in [-0.1, -0.05) is 17.4 Å². The molecule has 0 radical (unpaired) electrons. The Labute approximate surface area is 138 Å². The first-order valence-corrected chi connectivity index (χ1v) is 8.18. The van der Waals surface area contributed by atoms with Crippen LogP contribution in [-0.4, -0.2) is 34.0 Å². The number of hydrogen-bond acceptors (Lipinski definition) is 6. The molecule has 0 bridgehead atoms. The number of ether oxygens (including phenoxy) is 1. The predicted octanol–water partition coefficient (Wildman–Crippen LogP) is 3.29. The zero-order valence-corrected chi connectivity index (χ0v) is 14.3. The van der Waals surface area contributed by atoms with Crippen LogP contribution in [0.4, 0.5) is 5.13 Å². The molecule has 23 heavy (non-hydrogen) atoms. The average Bonchev–Trinajstić information content (AvgIpc) is 3.09. The molecule has 0 saturated carbocycles. The molecule has 3 aromatic rings. The van der Waals surface area contributed by atoms with Gasteiger partial charge < -0.3 is 14.5 Å². The van der Waals surface area contributed by atoms with Gasteiger partial charge in [0.25, 0.3) is 0 Å². The molecule has 0 saturated heterocycles. The minimum absolute atomic E-state index is 0.310. The fourth-order valence-corrected chi connectivity index (χ4v) is 3.36. The lowest BCUT2D eigenvalue weighted by atomic mass is 10.2. The van der Waals surface area contributed by atoms with E-state index >= 15 is 0 Å². The Hall–Kier alpha value is -2.41. The Morgan fingerprint density at radius 1 is 1.35 bits per heavy atom. The summed E-state index contributed by atoms with van der Waals surface area (Å²) >= 11 is 1.40. The van der Waals surface area contributed by atoms with Gasteiger partial charge in [-0.05, 0) is 32.4 Å². The highest BCUT2D eigenvalue weighted by atomic mass is 32.1. The second-order valence-corrected chi connectivity index (χ2v) is 6.15. The number of esters is 1. The highest BCUT2D eigenvalue weighted by Crippen LogP contribution is 2.35. The maximum Gasteiger partial charge on any atom is 0.358 e. The van der Waals surface area contributed by atoms with E-state index in [1.54, 1.807) is 14.0 Å². The molecule has 0 aliphatic heterocycles. The summed E-state index contributed by atoms with van der Waals surface area (Å²) in [5.74, 6) is -0.423. The van der Waals surface area contributed by atoms with Gasteiger partial charge in [0.15, 0.2) is 10.8 Å². The van der Waals surface area contributed by atoms with Crippen molar-refractivity contribution in [3.8, 4) is 10.6 Å². The molecule has 3 aromatic heterocycles. The number of nitrogens with one attached hydrogen (secondary N) is 1. The fraction of sp³-hybridized carbons (Fsp3) is 0.312. The highest BCUT2D eigenvalue weighted by molar-refractivity contribution is 7.19. The normalized spacial score (nSPS) is 11.0. The van der Waals surface area contributed by atoms with Crippen molar-refractivity contribution in [2.75, 3.05) is 19.0 Å². The lowest BCUT2D eigenvalue weighted by Gasteiger charge is -2.01. The number of carbonyl (C=O) groups excluding carboxylic acids is 1. The second kappa shape index (κ2) is 6.00. The van der Waals surface area contributed by atoms with E-state index in [0.717, 1.165) is 27.5 Å². The number of imidazole rings is 1. The van der Waals surface area contributed by atoms with Crippen LogP contribution in [-0.2, 0) is 4.74 Å². The first-order valence-electron chi connectivity index (χ1n) is 7.36. The second-order valence-electron chi connectivity index (χ2n) is 5.15. The van der Waals surface area contributed by atoms with Crippen LogP contribution in [0.3, 0.4) is 0 Å². The van der Waals surface area contributed by atoms with Gasteiger partial charge in [0, 0.05) is 18.9 Å². The lowest BCUT2D eigenvalue weighted by molar-refractivity contribution is 0.0521. The van der Waals surface area contributed by atoms with E-state index < -0.39 is 5.97 Å². The maximum atomic E-state index is 12.2. The number of carbonyl (C=O) groups is 1. The standard InChI is InChI=1S/C16H18N4O2S/c1-5-22-15(21)13-14(23-16(17-4)19-13)12-10(3)20-8-9(2)6-7-11(20)18-12/h6-8H,5H2,1-4H3,(H,17,19). The van der Waals surface area contributed by atoms with Gasteiger partial charge >= 0.3 is 5.97 Å². The third-order valence-corrected chi connectivity index (χ3v) is 4.61. The number of fused-ring (bicyclic) bond motifs is 1. The van der Waals surface area contributed by atoms with Crippen LogP contribution in [0.1, 0.15) is 28.7 Å².